The number of rotatable bonds is 6. The summed E-state index contributed by atoms with van der Waals surface area (Å²) in [5.74, 6) is -0.220. The normalized spacial score (nSPS) is 13.7. The average molecular weight is 447 g/mol. The van der Waals surface area contributed by atoms with E-state index in [9.17, 15) is 9.59 Å². The summed E-state index contributed by atoms with van der Waals surface area (Å²) in [5, 5.41) is 3.62. The van der Waals surface area contributed by atoms with Gasteiger partial charge in [-0.1, -0.05) is 60.1 Å². The lowest BCUT2D eigenvalue weighted by Gasteiger charge is -2.16. The Bertz CT molecular complexity index is 1240. The molecule has 0 unspecified atom stereocenters. The molecule has 0 radical (unpaired) electrons. The molecule has 5 nitrogen and oxygen atoms in total. The van der Waals surface area contributed by atoms with E-state index in [1.165, 1.54) is 12.0 Å². The minimum Gasteiger partial charge on any atom is -0.495 e. The molecule has 162 valence electrons. The Labute approximate surface area is 192 Å². The zero-order valence-electron chi connectivity index (χ0n) is 18.1. The van der Waals surface area contributed by atoms with Crippen LogP contribution in [0.1, 0.15) is 22.3 Å². The Morgan fingerprint density at radius 2 is 1.66 bits per heavy atom. The number of aryl methyl sites for hydroxylation is 2. The lowest BCUT2D eigenvalue weighted by Crippen LogP contribution is -2.32. The van der Waals surface area contributed by atoms with Crippen LogP contribution in [0.25, 0.3) is 5.57 Å². The smallest absolute Gasteiger partial charge is 0.278 e. The van der Waals surface area contributed by atoms with Crippen LogP contribution in [0.15, 0.2) is 72.4 Å². The molecule has 4 rings (SSSR count). The van der Waals surface area contributed by atoms with Crippen molar-refractivity contribution in [1.82, 2.24) is 4.90 Å². The Morgan fingerprint density at radius 3 is 2.34 bits per heavy atom. The van der Waals surface area contributed by atoms with Gasteiger partial charge in [-0.3, -0.25) is 14.5 Å². The van der Waals surface area contributed by atoms with Crippen LogP contribution in [0.2, 0.25) is 5.02 Å². The van der Waals surface area contributed by atoms with Gasteiger partial charge in [0, 0.05) is 5.02 Å². The van der Waals surface area contributed by atoms with Crippen LogP contribution in [0.3, 0.4) is 0 Å². The van der Waals surface area contributed by atoms with E-state index in [0.29, 0.717) is 27.6 Å². The zero-order valence-corrected chi connectivity index (χ0v) is 18.9. The number of nitrogens with zero attached hydrogens (tertiary/aromatic N) is 1. The molecule has 0 spiro atoms. The highest BCUT2D eigenvalue weighted by atomic mass is 35.5. The maximum Gasteiger partial charge on any atom is 0.278 e. The van der Waals surface area contributed by atoms with Crippen LogP contribution in [-0.2, 0) is 16.1 Å². The fourth-order valence-electron chi connectivity index (χ4n) is 3.68. The van der Waals surface area contributed by atoms with Gasteiger partial charge in [-0.15, -0.1) is 0 Å². The SMILES string of the molecule is COc1ccc(Cl)cc1NC1=C(c2ccc(C)c(C)c2)C(=O)N(Cc2ccccc2)C1=O. The number of carbonyl (C=O) groups is 2. The summed E-state index contributed by atoms with van der Waals surface area (Å²) >= 11 is 6.18. The second-order valence-corrected chi connectivity index (χ2v) is 8.14. The van der Waals surface area contributed by atoms with Crippen molar-refractivity contribution in [3.8, 4) is 5.75 Å². The monoisotopic (exact) mass is 446 g/mol. The minimum atomic E-state index is -0.394. The Hall–Kier alpha value is -3.57. The molecule has 0 aromatic heterocycles. The zero-order chi connectivity index (χ0) is 22.8. The number of benzene rings is 3. The molecular formula is C26H23ClN2O3. The summed E-state index contributed by atoms with van der Waals surface area (Å²) in [7, 11) is 1.54. The first kappa shape index (κ1) is 21.7. The molecule has 1 N–H and O–H groups in total. The highest BCUT2D eigenvalue weighted by molar-refractivity contribution is 6.36. The molecule has 0 bridgehead atoms. The molecule has 0 aliphatic carbocycles. The van der Waals surface area contributed by atoms with Crippen LogP contribution in [0.5, 0.6) is 5.75 Å². The molecule has 1 aliphatic rings. The second kappa shape index (κ2) is 8.89. The summed E-state index contributed by atoms with van der Waals surface area (Å²) in [6.07, 6.45) is 0. The molecule has 32 heavy (non-hydrogen) atoms. The van der Waals surface area contributed by atoms with E-state index >= 15 is 0 Å². The van der Waals surface area contributed by atoms with Crippen LogP contribution < -0.4 is 10.1 Å². The predicted octanol–water partition coefficient (Wildman–Crippen LogP) is 5.36. The summed E-state index contributed by atoms with van der Waals surface area (Å²) in [6, 6.07) is 20.3. The quantitative estimate of drug-likeness (QED) is 0.518. The van der Waals surface area contributed by atoms with E-state index in [4.69, 9.17) is 16.3 Å². The summed E-state index contributed by atoms with van der Waals surface area (Å²) in [6.45, 7) is 4.17. The van der Waals surface area contributed by atoms with Gasteiger partial charge in [0.2, 0.25) is 0 Å². The number of carbonyl (C=O) groups excluding carboxylic acids is 2. The van der Waals surface area contributed by atoms with Gasteiger partial charge in [-0.2, -0.15) is 0 Å². The molecule has 1 aliphatic heterocycles. The van der Waals surface area contributed by atoms with Crippen molar-refractivity contribution >= 4 is 34.7 Å². The van der Waals surface area contributed by atoms with Gasteiger partial charge in [-0.05, 0) is 54.3 Å². The standard InChI is InChI=1S/C26H23ClN2O3/c1-16-9-10-19(13-17(16)2)23-24(28-21-14-20(27)11-12-22(21)32-3)26(31)29(25(23)30)15-18-7-5-4-6-8-18/h4-14,28H,15H2,1-3H3. The maximum absolute atomic E-state index is 13.5. The first-order valence-electron chi connectivity index (χ1n) is 10.2. The van der Waals surface area contributed by atoms with Crippen LogP contribution in [-0.4, -0.2) is 23.8 Å². The van der Waals surface area contributed by atoms with Gasteiger partial charge in [0.25, 0.3) is 11.8 Å². The van der Waals surface area contributed by atoms with Gasteiger partial charge in [0.05, 0.1) is 24.9 Å². The van der Waals surface area contributed by atoms with Crippen LogP contribution in [0, 0.1) is 13.8 Å². The van der Waals surface area contributed by atoms with E-state index in [2.05, 4.69) is 5.32 Å². The largest absolute Gasteiger partial charge is 0.495 e. The van der Waals surface area contributed by atoms with Crippen molar-refractivity contribution in [3.05, 3.63) is 99.7 Å². The molecule has 0 saturated carbocycles. The fourth-order valence-corrected chi connectivity index (χ4v) is 3.85. The lowest BCUT2D eigenvalue weighted by atomic mass is 9.99. The second-order valence-electron chi connectivity index (χ2n) is 7.70. The molecule has 0 fully saturated rings. The van der Waals surface area contributed by atoms with Crippen LogP contribution >= 0.6 is 11.6 Å². The Morgan fingerprint density at radius 1 is 0.906 bits per heavy atom. The first-order valence-corrected chi connectivity index (χ1v) is 10.6. The van der Waals surface area contributed by atoms with E-state index in [1.807, 2.05) is 62.4 Å². The van der Waals surface area contributed by atoms with Crippen LogP contribution in [0.4, 0.5) is 5.69 Å². The lowest BCUT2D eigenvalue weighted by molar-refractivity contribution is -0.137. The average Bonchev–Trinajstić information content (AvgIpc) is 3.01. The molecular weight excluding hydrogens is 424 g/mol. The number of nitrogens with one attached hydrogen (secondary N) is 1. The van der Waals surface area contributed by atoms with Crippen molar-refractivity contribution in [2.75, 3.05) is 12.4 Å². The first-order chi connectivity index (χ1) is 15.4. The molecule has 0 saturated heterocycles. The van der Waals surface area contributed by atoms with Crippen molar-refractivity contribution in [1.29, 1.82) is 0 Å². The van der Waals surface area contributed by atoms with E-state index in [-0.39, 0.29) is 18.1 Å². The Balaban J connectivity index is 1.81. The third-order valence-electron chi connectivity index (χ3n) is 5.57. The molecule has 1 heterocycles. The fraction of sp³-hybridized carbons (Fsp3) is 0.154. The third kappa shape index (κ3) is 4.12. The van der Waals surface area contributed by atoms with Gasteiger partial charge >= 0.3 is 0 Å². The third-order valence-corrected chi connectivity index (χ3v) is 5.80. The van der Waals surface area contributed by atoms with Gasteiger partial charge < -0.3 is 10.1 Å². The van der Waals surface area contributed by atoms with E-state index < -0.39 is 5.91 Å². The summed E-state index contributed by atoms with van der Waals surface area (Å²) in [5.41, 5.74) is 4.75. The number of imide groups is 1. The van der Waals surface area contributed by atoms with Crippen molar-refractivity contribution < 1.29 is 14.3 Å². The van der Waals surface area contributed by atoms with E-state index in [1.54, 1.807) is 18.2 Å². The van der Waals surface area contributed by atoms with Gasteiger partial charge in [-0.25, -0.2) is 0 Å². The summed E-state index contributed by atoms with van der Waals surface area (Å²) in [4.78, 5) is 28.2. The van der Waals surface area contributed by atoms with Crippen molar-refractivity contribution in [3.63, 3.8) is 0 Å². The number of halogens is 1. The highest BCUT2D eigenvalue weighted by Crippen LogP contribution is 2.35. The van der Waals surface area contributed by atoms with Gasteiger partial charge in [0.15, 0.2) is 0 Å². The molecule has 3 aromatic rings. The molecule has 3 aromatic carbocycles. The van der Waals surface area contributed by atoms with E-state index in [0.717, 1.165) is 16.7 Å². The highest BCUT2D eigenvalue weighted by Gasteiger charge is 2.39. The Kier molecular flexibility index (Phi) is 6.01. The van der Waals surface area contributed by atoms with Crippen molar-refractivity contribution in [2.45, 2.75) is 20.4 Å². The molecule has 2 amide bonds. The number of hydrogen-bond donors (Lipinski definition) is 1. The summed E-state index contributed by atoms with van der Waals surface area (Å²) < 4.78 is 5.42. The molecule has 0 atom stereocenters. The molecule has 6 heteroatoms. The topological polar surface area (TPSA) is 58.6 Å². The number of amides is 2. The predicted molar refractivity (Wildman–Crippen MR) is 126 cm³/mol. The number of hydrogen-bond acceptors (Lipinski definition) is 4. The van der Waals surface area contributed by atoms with Gasteiger partial charge in [0.1, 0.15) is 11.4 Å². The minimum absolute atomic E-state index is 0.185. The number of ether oxygens (including phenoxy) is 1. The number of anilines is 1. The maximum atomic E-state index is 13.5. The van der Waals surface area contributed by atoms with Crippen molar-refractivity contribution in [2.24, 2.45) is 0 Å². The number of methoxy groups -OCH3 is 1.